The molecule has 0 radical (unpaired) electrons. The molecule has 0 N–H and O–H groups in total. The topological polar surface area (TPSA) is 4.93 Å². The number of aromatic nitrogens is 1. The van der Waals surface area contributed by atoms with E-state index in [9.17, 15) is 0 Å². The fourth-order valence-corrected chi connectivity index (χ4v) is 6.02. The standard InChI is InChI=1S/C38H37N/c1-37(2,3)28-24-22-27(23-25-28)29-17-13-21-34(35(29)38(4,5)6)39-33-20-11-10-16-31(33)32-19-12-18-30(36(32)39)26-14-8-7-9-15-26/h7-25H,1-6H3. The van der Waals surface area contributed by atoms with Gasteiger partial charge in [-0.3, -0.25) is 0 Å². The SMILES string of the molecule is CC(C)(C)c1ccc(-c2cccc(-n3c4ccccc4c4cccc(-c5ccccc5)c43)c2C(C)(C)C)cc1. The van der Waals surface area contributed by atoms with Crippen LogP contribution in [0, 0.1) is 0 Å². The number of rotatable bonds is 3. The van der Waals surface area contributed by atoms with Crippen LogP contribution in [-0.4, -0.2) is 4.57 Å². The molecule has 39 heavy (non-hydrogen) atoms. The summed E-state index contributed by atoms with van der Waals surface area (Å²) >= 11 is 0. The van der Waals surface area contributed by atoms with E-state index in [1.54, 1.807) is 0 Å². The lowest BCUT2D eigenvalue weighted by atomic mass is 9.79. The lowest BCUT2D eigenvalue weighted by molar-refractivity contribution is 0.588. The average Bonchev–Trinajstić information content (AvgIpc) is 3.27. The van der Waals surface area contributed by atoms with Crippen LogP contribution in [0.4, 0.5) is 0 Å². The monoisotopic (exact) mass is 507 g/mol. The second kappa shape index (κ2) is 9.27. The smallest absolute Gasteiger partial charge is 0.0619 e. The highest BCUT2D eigenvalue weighted by molar-refractivity contribution is 6.14. The highest BCUT2D eigenvalue weighted by Gasteiger charge is 2.26. The molecule has 0 amide bonds. The highest BCUT2D eigenvalue weighted by Crippen LogP contribution is 2.43. The van der Waals surface area contributed by atoms with Gasteiger partial charge in [-0.05, 0) is 50.8 Å². The summed E-state index contributed by atoms with van der Waals surface area (Å²) in [5.74, 6) is 0. The van der Waals surface area contributed by atoms with Crippen LogP contribution in [0.25, 0.3) is 49.7 Å². The lowest BCUT2D eigenvalue weighted by Crippen LogP contribution is -2.17. The number of benzene rings is 5. The Morgan fingerprint density at radius 3 is 1.74 bits per heavy atom. The summed E-state index contributed by atoms with van der Waals surface area (Å²) in [7, 11) is 0. The number of fused-ring (bicyclic) bond motifs is 3. The molecular weight excluding hydrogens is 470 g/mol. The Bertz CT molecular complexity index is 1790. The van der Waals surface area contributed by atoms with Crippen LogP contribution in [0.15, 0.2) is 115 Å². The molecule has 194 valence electrons. The number of para-hydroxylation sites is 2. The summed E-state index contributed by atoms with van der Waals surface area (Å²) in [6, 6.07) is 42.4. The molecule has 6 rings (SSSR count). The van der Waals surface area contributed by atoms with Crippen molar-refractivity contribution in [3.8, 4) is 27.9 Å². The van der Waals surface area contributed by atoms with Gasteiger partial charge in [-0.2, -0.15) is 0 Å². The van der Waals surface area contributed by atoms with Crippen molar-refractivity contribution >= 4 is 21.8 Å². The zero-order valence-electron chi connectivity index (χ0n) is 23.9. The van der Waals surface area contributed by atoms with E-state index in [-0.39, 0.29) is 10.8 Å². The largest absolute Gasteiger partial charge is 0.308 e. The second-order valence-corrected chi connectivity index (χ2v) is 12.7. The molecule has 0 aliphatic carbocycles. The summed E-state index contributed by atoms with van der Waals surface area (Å²) in [5, 5.41) is 2.57. The third kappa shape index (κ3) is 4.36. The lowest BCUT2D eigenvalue weighted by Gasteiger charge is -2.28. The van der Waals surface area contributed by atoms with Crippen molar-refractivity contribution in [1.82, 2.24) is 4.57 Å². The van der Waals surface area contributed by atoms with Crippen molar-refractivity contribution in [2.75, 3.05) is 0 Å². The summed E-state index contributed by atoms with van der Waals surface area (Å²) in [4.78, 5) is 0. The molecule has 0 aliphatic heterocycles. The molecule has 5 aromatic carbocycles. The van der Waals surface area contributed by atoms with Gasteiger partial charge in [-0.25, -0.2) is 0 Å². The van der Waals surface area contributed by atoms with Gasteiger partial charge in [0, 0.05) is 16.3 Å². The first-order chi connectivity index (χ1) is 18.6. The van der Waals surface area contributed by atoms with Gasteiger partial charge in [0.05, 0.1) is 16.7 Å². The van der Waals surface area contributed by atoms with Crippen LogP contribution in [-0.2, 0) is 10.8 Å². The van der Waals surface area contributed by atoms with Gasteiger partial charge in [-0.15, -0.1) is 0 Å². The third-order valence-corrected chi connectivity index (χ3v) is 7.87. The Hall–Kier alpha value is -4.10. The molecular formula is C38H37N. The second-order valence-electron chi connectivity index (χ2n) is 12.7. The van der Waals surface area contributed by atoms with E-state index in [1.807, 2.05) is 0 Å². The van der Waals surface area contributed by atoms with Gasteiger partial charge in [0.2, 0.25) is 0 Å². The Morgan fingerprint density at radius 1 is 0.462 bits per heavy atom. The molecule has 0 spiro atoms. The van der Waals surface area contributed by atoms with Crippen molar-refractivity contribution in [2.24, 2.45) is 0 Å². The van der Waals surface area contributed by atoms with Crippen LogP contribution in [0.3, 0.4) is 0 Å². The zero-order valence-corrected chi connectivity index (χ0v) is 23.9. The molecule has 0 atom stereocenters. The van der Waals surface area contributed by atoms with Crippen molar-refractivity contribution in [1.29, 1.82) is 0 Å². The summed E-state index contributed by atoms with van der Waals surface area (Å²) < 4.78 is 2.51. The molecule has 0 bridgehead atoms. The zero-order chi connectivity index (χ0) is 27.4. The summed E-state index contributed by atoms with van der Waals surface area (Å²) in [5.41, 5.74) is 11.6. The van der Waals surface area contributed by atoms with E-state index in [1.165, 1.54) is 60.9 Å². The maximum atomic E-state index is 2.51. The fourth-order valence-electron chi connectivity index (χ4n) is 6.02. The predicted octanol–water partition coefficient (Wildman–Crippen LogP) is 10.7. The van der Waals surface area contributed by atoms with Gasteiger partial charge in [0.1, 0.15) is 0 Å². The van der Waals surface area contributed by atoms with Gasteiger partial charge in [0.15, 0.2) is 0 Å². The maximum Gasteiger partial charge on any atom is 0.0619 e. The number of nitrogens with zero attached hydrogens (tertiary/aromatic N) is 1. The van der Waals surface area contributed by atoms with Gasteiger partial charge in [-0.1, -0.05) is 145 Å². The van der Waals surface area contributed by atoms with E-state index in [0.29, 0.717) is 0 Å². The maximum absolute atomic E-state index is 2.51. The normalized spacial score (nSPS) is 12.4. The van der Waals surface area contributed by atoms with Gasteiger partial charge in [0.25, 0.3) is 0 Å². The Kier molecular flexibility index (Phi) is 5.99. The van der Waals surface area contributed by atoms with Crippen molar-refractivity contribution in [2.45, 2.75) is 52.4 Å². The first-order valence-corrected chi connectivity index (χ1v) is 14.0. The molecule has 6 aromatic rings. The van der Waals surface area contributed by atoms with Crippen LogP contribution >= 0.6 is 0 Å². The van der Waals surface area contributed by atoms with E-state index in [2.05, 4.69) is 161 Å². The molecule has 0 aliphatic rings. The van der Waals surface area contributed by atoms with Crippen molar-refractivity contribution in [3.63, 3.8) is 0 Å². The van der Waals surface area contributed by atoms with Gasteiger partial charge < -0.3 is 4.57 Å². The van der Waals surface area contributed by atoms with Crippen LogP contribution < -0.4 is 0 Å². The van der Waals surface area contributed by atoms with E-state index in [4.69, 9.17) is 0 Å². The average molecular weight is 508 g/mol. The molecule has 0 saturated heterocycles. The Labute approximate surface area is 232 Å². The van der Waals surface area contributed by atoms with E-state index < -0.39 is 0 Å². The quantitative estimate of drug-likeness (QED) is 0.224. The van der Waals surface area contributed by atoms with Crippen LogP contribution in [0.5, 0.6) is 0 Å². The van der Waals surface area contributed by atoms with Crippen molar-refractivity contribution in [3.05, 3.63) is 126 Å². The summed E-state index contributed by atoms with van der Waals surface area (Å²) in [6.45, 7) is 13.8. The van der Waals surface area contributed by atoms with E-state index >= 15 is 0 Å². The molecule has 1 nitrogen and oxygen atoms in total. The first-order valence-electron chi connectivity index (χ1n) is 14.0. The fraction of sp³-hybridized carbons (Fsp3) is 0.211. The molecule has 1 aromatic heterocycles. The Morgan fingerprint density at radius 2 is 1.05 bits per heavy atom. The van der Waals surface area contributed by atoms with Crippen LogP contribution in [0.1, 0.15) is 52.7 Å². The molecule has 0 fully saturated rings. The molecule has 1 heterocycles. The number of hydrogen-bond donors (Lipinski definition) is 0. The number of hydrogen-bond acceptors (Lipinski definition) is 0. The van der Waals surface area contributed by atoms with Crippen LogP contribution in [0.2, 0.25) is 0 Å². The Balaban J connectivity index is 1.71. The predicted molar refractivity (Wildman–Crippen MR) is 169 cm³/mol. The van der Waals surface area contributed by atoms with Gasteiger partial charge >= 0.3 is 0 Å². The molecule has 1 heteroatoms. The summed E-state index contributed by atoms with van der Waals surface area (Å²) in [6.07, 6.45) is 0. The van der Waals surface area contributed by atoms with Crippen molar-refractivity contribution < 1.29 is 0 Å². The minimum Gasteiger partial charge on any atom is -0.308 e. The molecule has 0 saturated carbocycles. The molecule has 0 unspecified atom stereocenters. The minimum atomic E-state index is -0.0754. The highest BCUT2D eigenvalue weighted by atomic mass is 15.0. The van der Waals surface area contributed by atoms with E-state index in [0.717, 1.165) is 0 Å². The first kappa shape index (κ1) is 25.2. The third-order valence-electron chi connectivity index (χ3n) is 7.87. The minimum absolute atomic E-state index is 0.0754.